The lowest BCUT2D eigenvalue weighted by Gasteiger charge is -2.34. The number of carbonyl (C=O) groups excluding carboxylic acids is 1. The van der Waals surface area contributed by atoms with Crippen molar-refractivity contribution in [1.82, 2.24) is 29.8 Å². The number of carbonyl (C=O) groups is 1. The number of piperazine rings is 1. The molecule has 0 atom stereocenters. The smallest absolute Gasteiger partial charge is 0.276 e. The van der Waals surface area contributed by atoms with Crippen LogP contribution < -0.4 is 0 Å². The minimum Gasteiger partial charge on any atom is -0.335 e. The summed E-state index contributed by atoms with van der Waals surface area (Å²) in [6, 6.07) is 14.1. The van der Waals surface area contributed by atoms with Gasteiger partial charge >= 0.3 is 0 Å². The van der Waals surface area contributed by atoms with Crippen molar-refractivity contribution in [2.24, 2.45) is 0 Å². The van der Waals surface area contributed by atoms with Crippen LogP contribution in [0.3, 0.4) is 0 Å². The Labute approximate surface area is 158 Å². The quantitative estimate of drug-likeness (QED) is 0.691. The van der Waals surface area contributed by atoms with E-state index in [1.54, 1.807) is 17.1 Å². The van der Waals surface area contributed by atoms with Crippen LogP contribution in [0, 0.1) is 0 Å². The summed E-state index contributed by atoms with van der Waals surface area (Å²) >= 11 is 0. The Morgan fingerprint density at radius 3 is 2.44 bits per heavy atom. The minimum atomic E-state index is -0.0460. The van der Waals surface area contributed by atoms with Crippen LogP contribution in [0.4, 0.5) is 0 Å². The molecule has 3 aromatic rings. The third-order valence-electron chi connectivity index (χ3n) is 4.73. The van der Waals surface area contributed by atoms with Crippen LogP contribution in [-0.4, -0.2) is 61.9 Å². The first-order valence-electron chi connectivity index (χ1n) is 9.12. The molecule has 1 fully saturated rings. The zero-order chi connectivity index (χ0) is 18.5. The molecule has 1 amide bonds. The molecule has 4 rings (SSSR count). The second kappa shape index (κ2) is 8.09. The topological polar surface area (TPSA) is 67.2 Å². The fraction of sp³-hybridized carbons (Fsp3) is 0.300. The average Bonchev–Trinajstić information content (AvgIpc) is 3.18. The first-order valence-corrected chi connectivity index (χ1v) is 9.12. The summed E-state index contributed by atoms with van der Waals surface area (Å²) in [6.45, 7) is 4.57. The Balaban J connectivity index is 1.32. The largest absolute Gasteiger partial charge is 0.335 e. The molecule has 7 nitrogen and oxygen atoms in total. The zero-order valence-corrected chi connectivity index (χ0v) is 15.1. The molecule has 2 aromatic heterocycles. The van der Waals surface area contributed by atoms with E-state index in [0.29, 0.717) is 25.3 Å². The summed E-state index contributed by atoms with van der Waals surface area (Å²) in [5, 5.41) is 8.17. The molecule has 0 unspecified atom stereocenters. The Morgan fingerprint density at radius 2 is 1.70 bits per heavy atom. The van der Waals surface area contributed by atoms with E-state index in [0.717, 1.165) is 25.2 Å². The number of amides is 1. The maximum absolute atomic E-state index is 12.7. The molecule has 27 heavy (non-hydrogen) atoms. The molecule has 0 bridgehead atoms. The summed E-state index contributed by atoms with van der Waals surface area (Å²) in [5.74, 6) is -0.0460. The van der Waals surface area contributed by atoms with Gasteiger partial charge in [-0.15, -0.1) is 5.10 Å². The molecule has 138 valence electrons. The highest BCUT2D eigenvalue weighted by molar-refractivity contribution is 5.92. The molecule has 1 aromatic carbocycles. The van der Waals surface area contributed by atoms with E-state index in [2.05, 4.69) is 26.3 Å². The fourth-order valence-corrected chi connectivity index (χ4v) is 3.27. The van der Waals surface area contributed by atoms with Gasteiger partial charge in [0.25, 0.3) is 5.91 Å². The van der Waals surface area contributed by atoms with Gasteiger partial charge in [0.15, 0.2) is 5.69 Å². The number of aromatic nitrogens is 4. The van der Waals surface area contributed by atoms with Gasteiger partial charge < -0.3 is 4.90 Å². The Kier molecular flexibility index (Phi) is 5.20. The first-order chi connectivity index (χ1) is 13.3. The SMILES string of the molecule is O=C(c1cn(Cc2ccccc2)nn1)N1CCN(Cc2cccnc2)CC1. The van der Waals surface area contributed by atoms with Gasteiger partial charge in [-0.2, -0.15) is 0 Å². The lowest BCUT2D eigenvalue weighted by atomic mass is 10.2. The molecular weight excluding hydrogens is 340 g/mol. The van der Waals surface area contributed by atoms with E-state index in [1.165, 1.54) is 5.56 Å². The highest BCUT2D eigenvalue weighted by Gasteiger charge is 2.24. The lowest BCUT2D eigenvalue weighted by molar-refractivity contribution is 0.0622. The molecule has 0 spiro atoms. The van der Waals surface area contributed by atoms with Gasteiger partial charge in [0.05, 0.1) is 12.7 Å². The van der Waals surface area contributed by atoms with Crippen LogP contribution in [0.1, 0.15) is 21.6 Å². The summed E-state index contributed by atoms with van der Waals surface area (Å²) < 4.78 is 1.71. The van der Waals surface area contributed by atoms with Gasteiger partial charge in [-0.05, 0) is 17.2 Å². The fourth-order valence-electron chi connectivity index (χ4n) is 3.27. The number of benzene rings is 1. The lowest BCUT2D eigenvalue weighted by Crippen LogP contribution is -2.48. The van der Waals surface area contributed by atoms with Crippen molar-refractivity contribution < 1.29 is 4.79 Å². The molecule has 1 aliphatic heterocycles. The second-order valence-corrected chi connectivity index (χ2v) is 6.72. The van der Waals surface area contributed by atoms with Crippen molar-refractivity contribution in [3.63, 3.8) is 0 Å². The number of hydrogen-bond acceptors (Lipinski definition) is 5. The van der Waals surface area contributed by atoms with E-state index >= 15 is 0 Å². The van der Waals surface area contributed by atoms with Gasteiger partial charge in [0.1, 0.15) is 0 Å². The molecule has 0 N–H and O–H groups in total. The van der Waals surface area contributed by atoms with Crippen LogP contribution in [0.5, 0.6) is 0 Å². The normalized spacial score (nSPS) is 15.0. The molecule has 1 saturated heterocycles. The third kappa shape index (κ3) is 4.38. The zero-order valence-electron chi connectivity index (χ0n) is 15.1. The van der Waals surface area contributed by atoms with Gasteiger partial charge in [-0.1, -0.05) is 41.6 Å². The number of hydrogen-bond donors (Lipinski definition) is 0. The van der Waals surface area contributed by atoms with Crippen LogP contribution in [0.15, 0.2) is 61.1 Å². The molecule has 7 heteroatoms. The molecule has 3 heterocycles. The van der Waals surface area contributed by atoms with E-state index in [-0.39, 0.29) is 5.91 Å². The standard InChI is InChI=1S/C20H22N6O/c27-20(19-16-26(23-22-19)15-17-5-2-1-3-6-17)25-11-9-24(10-12-25)14-18-7-4-8-21-13-18/h1-8,13,16H,9-12,14-15H2. The van der Waals surface area contributed by atoms with E-state index in [1.807, 2.05) is 47.5 Å². The summed E-state index contributed by atoms with van der Waals surface area (Å²) in [5.41, 5.74) is 2.73. The summed E-state index contributed by atoms with van der Waals surface area (Å²) in [7, 11) is 0. The van der Waals surface area contributed by atoms with Crippen LogP contribution in [-0.2, 0) is 13.1 Å². The van der Waals surface area contributed by atoms with E-state index in [4.69, 9.17) is 0 Å². The molecule has 0 aliphatic carbocycles. The molecule has 0 radical (unpaired) electrons. The van der Waals surface area contributed by atoms with Crippen molar-refractivity contribution in [2.45, 2.75) is 13.1 Å². The van der Waals surface area contributed by atoms with E-state index in [9.17, 15) is 4.79 Å². The van der Waals surface area contributed by atoms with Crippen molar-refractivity contribution in [2.75, 3.05) is 26.2 Å². The predicted molar refractivity (Wildman–Crippen MR) is 101 cm³/mol. The maximum Gasteiger partial charge on any atom is 0.276 e. The van der Waals surface area contributed by atoms with Crippen LogP contribution in [0.25, 0.3) is 0 Å². The Bertz CT molecular complexity index is 872. The number of nitrogens with zero attached hydrogens (tertiary/aromatic N) is 6. The number of pyridine rings is 1. The molecule has 1 aliphatic rings. The Hall–Kier alpha value is -3.06. The second-order valence-electron chi connectivity index (χ2n) is 6.72. The highest BCUT2D eigenvalue weighted by Crippen LogP contribution is 2.10. The molecular formula is C20H22N6O. The van der Waals surface area contributed by atoms with Gasteiger partial charge in [0.2, 0.25) is 0 Å². The molecule has 0 saturated carbocycles. The minimum absolute atomic E-state index is 0.0460. The maximum atomic E-state index is 12.7. The predicted octanol–water partition coefficient (Wildman–Crippen LogP) is 1.68. The van der Waals surface area contributed by atoms with Crippen molar-refractivity contribution in [3.8, 4) is 0 Å². The average molecular weight is 362 g/mol. The highest BCUT2D eigenvalue weighted by atomic mass is 16.2. The first kappa shape index (κ1) is 17.4. The van der Waals surface area contributed by atoms with Gasteiger partial charge in [-0.25, -0.2) is 4.68 Å². The van der Waals surface area contributed by atoms with Crippen molar-refractivity contribution >= 4 is 5.91 Å². The van der Waals surface area contributed by atoms with Crippen molar-refractivity contribution in [1.29, 1.82) is 0 Å². The van der Waals surface area contributed by atoms with Gasteiger partial charge in [-0.3, -0.25) is 14.7 Å². The monoisotopic (exact) mass is 362 g/mol. The van der Waals surface area contributed by atoms with Crippen molar-refractivity contribution in [3.05, 3.63) is 77.9 Å². The van der Waals surface area contributed by atoms with Gasteiger partial charge in [0, 0.05) is 45.1 Å². The van der Waals surface area contributed by atoms with Crippen LogP contribution in [0.2, 0.25) is 0 Å². The summed E-state index contributed by atoms with van der Waals surface area (Å²) in [4.78, 5) is 21.1. The number of rotatable bonds is 5. The Morgan fingerprint density at radius 1 is 0.926 bits per heavy atom. The third-order valence-corrected chi connectivity index (χ3v) is 4.73. The van der Waals surface area contributed by atoms with Crippen LogP contribution >= 0.6 is 0 Å². The summed E-state index contributed by atoms with van der Waals surface area (Å²) in [6.07, 6.45) is 5.41. The van der Waals surface area contributed by atoms with E-state index < -0.39 is 0 Å².